The predicted octanol–water partition coefficient (Wildman–Crippen LogP) is 5.60. The molecule has 0 aliphatic carbocycles. The number of alkyl halides is 2. The molecule has 2 aromatic rings. The average molecular weight is 273 g/mol. The molecule has 0 nitrogen and oxygen atoms in total. The van der Waals surface area contributed by atoms with E-state index in [1.807, 2.05) is 0 Å². The second kappa shape index (κ2) is 5.03. The van der Waals surface area contributed by atoms with Crippen molar-refractivity contribution in [3.05, 3.63) is 58.1 Å². The van der Waals surface area contributed by atoms with Crippen LogP contribution in [0.1, 0.15) is 12.0 Å². The van der Waals surface area contributed by atoms with Gasteiger partial charge in [-0.3, -0.25) is 0 Å². The van der Waals surface area contributed by atoms with Crippen molar-refractivity contribution in [2.24, 2.45) is 0 Å². The molecule has 4 heteroatoms. The summed E-state index contributed by atoms with van der Waals surface area (Å²) in [5.74, 6) is 0. The van der Waals surface area contributed by atoms with Crippen molar-refractivity contribution >= 4 is 23.2 Å². The van der Waals surface area contributed by atoms with Gasteiger partial charge in [-0.25, -0.2) is 8.78 Å². The lowest BCUT2D eigenvalue weighted by atomic mass is 10.0. The van der Waals surface area contributed by atoms with Gasteiger partial charge in [0.25, 0.3) is 6.43 Å². The first-order valence-electron chi connectivity index (χ1n) is 4.92. The van der Waals surface area contributed by atoms with E-state index in [1.54, 1.807) is 36.4 Å². The van der Waals surface area contributed by atoms with Crippen molar-refractivity contribution < 1.29 is 8.78 Å². The van der Waals surface area contributed by atoms with Crippen LogP contribution in [0.15, 0.2) is 42.5 Å². The first-order chi connectivity index (χ1) is 8.11. The van der Waals surface area contributed by atoms with Gasteiger partial charge in [0, 0.05) is 21.7 Å². The Morgan fingerprint density at radius 1 is 0.824 bits per heavy atom. The number of benzene rings is 2. The fourth-order valence-electron chi connectivity index (χ4n) is 1.61. The summed E-state index contributed by atoms with van der Waals surface area (Å²) in [7, 11) is 0. The van der Waals surface area contributed by atoms with Crippen LogP contribution in [0.4, 0.5) is 8.78 Å². The van der Waals surface area contributed by atoms with E-state index in [1.165, 1.54) is 6.07 Å². The SMILES string of the molecule is FC(F)c1cccc(-c2ccccc2Cl)c1Cl. The van der Waals surface area contributed by atoms with E-state index < -0.39 is 6.43 Å². The van der Waals surface area contributed by atoms with Crippen LogP contribution >= 0.6 is 23.2 Å². The van der Waals surface area contributed by atoms with E-state index in [0.29, 0.717) is 16.1 Å². The average Bonchev–Trinajstić information content (AvgIpc) is 2.30. The summed E-state index contributed by atoms with van der Waals surface area (Å²) in [6.45, 7) is 0. The molecule has 0 saturated heterocycles. The molecule has 0 aliphatic rings. The van der Waals surface area contributed by atoms with E-state index in [0.717, 1.165) is 0 Å². The second-order valence-electron chi connectivity index (χ2n) is 3.49. The first-order valence-corrected chi connectivity index (χ1v) is 5.68. The first kappa shape index (κ1) is 12.3. The highest BCUT2D eigenvalue weighted by Gasteiger charge is 2.16. The number of hydrogen-bond acceptors (Lipinski definition) is 0. The number of halogens is 4. The highest BCUT2D eigenvalue weighted by Crippen LogP contribution is 2.37. The van der Waals surface area contributed by atoms with Gasteiger partial charge in [-0.2, -0.15) is 0 Å². The summed E-state index contributed by atoms with van der Waals surface area (Å²) >= 11 is 12.0. The largest absolute Gasteiger partial charge is 0.265 e. The summed E-state index contributed by atoms with van der Waals surface area (Å²) in [5.41, 5.74) is 1.00. The zero-order chi connectivity index (χ0) is 12.4. The molecule has 0 N–H and O–H groups in total. The molecule has 0 fully saturated rings. The minimum Gasteiger partial charge on any atom is -0.205 e. The van der Waals surface area contributed by atoms with Crippen molar-refractivity contribution in [2.75, 3.05) is 0 Å². The fraction of sp³-hybridized carbons (Fsp3) is 0.0769. The van der Waals surface area contributed by atoms with E-state index in [-0.39, 0.29) is 10.6 Å². The fourth-order valence-corrected chi connectivity index (χ4v) is 2.15. The van der Waals surface area contributed by atoms with Gasteiger partial charge in [-0.05, 0) is 6.07 Å². The highest BCUT2D eigenvalue weighted by molar-refractivity contribution is 6.36. The zero-order valence-corrected chi connectivity index (χ0v) is 10.1. The van der Waals surface area contributed by atoms with E-state index in [2.05, 4.69) is 0 Å². The second-order valence-corrected chi connectivity index (χ2v) is 4.27. The van der Waals surface area contributed by atoms with E-state index in [9.17, 15) is 8.78 Å². The Bertz CT molecular complexity index is 539. The number of rotatable bonds is 2. The smallest absolute Gasteiger partial charge is 0.205 e. The molecule has 0 atom stereocenters. The zero-order valence-electron chi connectivity index (χ0n) is 8.63. The molecule has 88 valence electrons. The molecule has 2 rings (SSSR count). The van der Waals surface area contributed by atoms with Crippen LogP contribution in [0.2, 0.25) is 10.0 Å². The molecule has 0 amide bonds. The van der Waals surface area contributed by atoms with Crippen LogP contribution in [0.5, 0.6) is 0 Å². The molecule has 0 bridgehead atoms. The van der Waals surface area contributed by atoms with Gasteiger partial charge in [-0.15, -0.1) is 0 Å². The lowest BCUT2D eigenvalue weighted by Gasteiger charge is -2.10. The Labute approximate surface area is 108 Å². The Hall–Kier alpha value is -1.12. The maximum absolute atomic E-state index is 12.7. The molecule has 2 aromatic carbocycles. The van der Waals surface area contributed by atoms with Crippen molar-refractivity contribution in [1.29, 1.82) is 0 Å². The van der Waals surface area contributed by atoms with Crippen molar-refractivity contribution in [3.8, 4) is 11.1 Å². The lowest BCUT2D eigenvalue weighted by molar-refractivity contribution is 0.151. The molecule has 0 saturated carbocycles. The third kappa shape index (κ3) is 2.43. The van der Waals surface area contributed by atoms with Crippen LogP contribution in [-0.4, -0.2) is 0 Å². The van der Waals surface area contributed by atoms with Crippen molar-refractivity contribution in [3.63, 3.8) is 0 Å². The molecule has 17 heavy (non-hydrogen) atoms. The summed E-state index contributed by atoms with van der Waals surface area (Å²) in [5, 5.41) is 0.538. The summed E-state index contributed by atoms with van der Waals surface area (Å²) in [6.07, 6.45) is -2.59. The van der Waals surface area contributed by atoms with Gasteiger partial charge >= 0.3 is 0 Å². The third-order valence-electron chi connectivity index (χ3n) is 2.43. The minimum atomic E-state index is -2.59. The Kier molecular flexibility index (Phi) is 3.65. The third-order valence-corrected chi connectivity index (χ3v) is 3.18. The highest BCUT2D eigenvalue weighted by atomic mass is 35.5. The van der Waals surface area contributed by atoms with Crippen molar-refractivity contribution in [2.45, 2.75) is 6.43 Å². The number of hydrogen-bond donors (Lipinski definition) is 0. The quantitative estimate of drug-likeness (QED) is 0.668. The van der Waals surface area contributed by atoms with E-state index in [4.69, 9.17) is 23.2 Å². The van der Waals surface area contributed by atoms with Gasteiger partial charge in [0.2, 0.25) is 0 Å². The van der Waals surface area contributed by atoms with Crippen molar-refractivity contribution in [1.82, 2.24) is 0 Å². The molecular weight excluding hydrogens is 265 g/mol. The van der Waals surface area contributed by atoms with Gasteiger partial charge < -0.3 is 0 Å². The van der Waals surface area contributed by atoms with Crippen LogP contribution < -0.4 is 0 Å². The summed E-state index contributed by atoms with van der Waals surface area (Å²) in [4.78, 5) is 0. The molecule has 0 spiro atoms. The molecule has 0 unspecified atom stereocenters. The Morgan fingerprint density at radius 3 is 2.12 bits per heavy atom. The van der Waals surface area contributed by atoms with Crippen LogP contribution in [0.3, 0.4) is 0 Å². The monoisotopic (exact) mass is 272 g/mol. The maximum Gasteiger partial charge on any atom is 0.265 e. The standard InChI is InChI=1S/C13H8Cl2F2/c14-11-7-2-1-4-8(11)9-5-3-6-10(12(9)15)13(16)17/h1-7,13H. The van der Waals surface area contributed by atoms with E-state index >= 15 is 0 Å². The Morgan fingerprint density at radius 2 is 1.47 bits per heavy atom. The minimum absolute atomic E-state index is 0.0515. The predicted molar refractivity (Wildman–Crippen MR) is 66.9 cm³/mol. The summed E-state index contributed by atoms with van der Waals surface area (Å²) < 4.78 is 25.4. The van der Waals surface area contributed by atoms with Gasteiger partial charge in [-0.1, -0.05) is 59.6 Å². The molecule has 0 heterocycles. The molecule has 0 aliphatic heterocycles. The van der Waals surface area contributed by atoms with Gasteiger partial charge in [0.05, 0.1) is 5.02 Å². The normalized spacial score (nSPS) is 10.9. The van der Waals surface area contributed by atoms with Crippen LogP contribution in [0.25, 0.3) is 11.1 Å². The molecule has 0 radical (unpaired) electrons. The van der Waals surface area contributed by atoms with Gasteiger partial charge in [0.15, 0.2) is 0 Å². The van der Waals surface area contributed by atoms with Crippen LogP contribution in [0, 0.1) is 0 Å². The van der Waals surface area contributed by atoms with Crippen LogP contribution in [-0.2, 0) is 0 Å². The molecular formula is C13H8Cl2F2. The maximum atomic E-state index is 12.7. The van der Waals surface area contributed by atoms with Gasteiger partial charge in [0.1, 0.15) is 0 Å². The summed E-state index contributed by atoms with van der Waals surface area (Å²) in [6, 6.07) is 11.5. The Balaban J connectivity index is 2.61. The lowest BCUT2D eigenvalue weighted by Crippen LogP contribution is -1.89. The topological polar surface area (TPSA) is 0 Å². The molecule has 0 aromatic heterocycles.